The molecule has 3 N–H and O–H groups in total. The van der Waals surface area contributed by atoms with Gasteiger partial charge in [0, 0.05) is 19.2 Å². The first kappa shape index (κ1) is 8.93. The SMILES string of the molecule is OCCC1COC(CO)CN1. The summed E-state index contributed by atoms with van der Waals surface area (Å²) in [7, 11) is 0. The van der Waals surface area contributed by atoms with Gasteiger partial charge in [0.15, 0.2) is 0 Å². The first-order valence-corrected chi connectivity index (χ1v) is 3.93. The van der Waals surface area contributed by atoms with Crippen molar-refractivity contribution in [1.82, 2.24) is 5.32 Å². The van der Waals surface area contributed by atoms with Crippen molar-refractivity contribution in [3.05, 3.63) is 0 Å². The average molecular weight is 161 g/mol. The number of morpholine rings is 1. The van der Waals surface area contributed by atoms with Crippen molar-refractivity contribution in [1.29, 1.82) is 0 Å². The maximum absolute atomic E-state index is 8.69. The number of ether oxygens (including phenoxy) is 1. The Bertz CT molecular complexity index is 102. The van der Waals surface area contributed by atoms with E-state index in [1.807, 2.05) is 0 Å². The first-order chi connectivity index (χ1) is 5.36. The average Bonchev–Trinajstić information content (AvgIpc) is 2.07. The molecule has 1 rings (SSSR count). The molecule has 1 fully saturated rings. The second-order valence-corrected chi connectivity index (χ2v) is 2.76. The highest BCUT2D eigenvalue weighted by Gasteiger charge is 2.19. The number of hydrogen-bond acceptors (Lipinski definition) is 4. The van der Waals surface area contributed by atoms with Crippen LogP contribution in [0.25, 0.3) is 0 Å². The summed E-state index contributed by atoms with van der Waals surface area (Å²) >= 11 is 0. The lowest BCUT2D eigenvalue weighted by molar-refractivity contribution is -0.0288. The zero-order valence-electron chi connectivity index (χ0n) is 6.49. The Morgan fingerprint density at radius 2 is 2.27 bits per heavy atom. The van der Waals surface area contributed by atoms with E-state index < -0.39 is 0 Å². The fraction of sp³-hybridized carbons (Fsp3) is 1.00. The van der Waals surface area contributed by atoms with Gasteiger partial charge < -0.3 is 20.3 Å². The highest BCUT2D eigenvalue weighted by molar-refractivity contribution is 4.74. The molecule has 0 aromatic heterocycles. The summed E-state index contributed by atoms with van der Waals surface area (Å²) in [5.41, 5.74) is 0. The quantitative estimate of drug-likeness (QED) is 0.482. The summed E-state index contributed by atoms with van der Waals surface area (Å²) in [4.78, 5) is 0. The van der Waals surface area contributed by atoms with Crippen LogP contribution in [0.5, 0.6) is 0 Å². The molecule has 0 amide bonds. The minimum absolute atomic E-state index is 0.0649. The molecule has 1 aliphatic rings. The lowest BCUT2D eigenvalue weighted by Gasteiger charge is -2.28. The van der Waals surface area contributed by atoms with Gasteiger partial charge in [-0.05, 0) is 6.42 Å². The normalized spacial score (nSPS) is 32.2. The van der Waals surface area contributed by atoms with Gasteiger partial charge in [-0.3, -0.25) is 0 Å². The molecular formula is C7H15NO3. The molecule has 1 aliphatic heterocycles. The molecule has 0 bridgehead atoms. The minimum Gasteiger partial charge on any atom is -0.396 e. The molecular weight excluding hydrogens is 146 g/mol. The summed E-state index contributed by atoms with van der Waals surface area (Å²) < 4.78 is 5.27. The molecule has 1 saturated heterocycles. The molecule has 4 heteroatoms. The number of rotatable bonds is 3. The van der Waals surface area contributed by atoms with Gasteiger partial charge in [-0.15, -0.1) is 0 Å². The molecule has 66 valence electrons. The Kier molecular flexibility index (Phi) is 3.79. The van der Waals surface area contributed by atoms with Gasteiger partial charge in [-0.2, -0.15) is 0 Å². The molecule has 0 aromatic carbocycles. The van der Waals surface area contributed by atoms with Crippen molar-refractivity contribution in [2.24, 2.45) is 0 Å². The summed E-state index contributed by atoms with van der Waals surface area (Å²) in [6, 6.07) is 0.253. The van der Waals surface area contributed by atoms with Gasteiger partial charge in [0.05, 0.1) is 19.3 Å². The fourth-order valence-corrected chi connectivity index (χ4v) is 1.13. The van der Waals surface area contributed by atoms with E-state index in [9.17, 15) is 0 Å². The number of aliphatic hydroxyl groups is 2. The van der Waals surface area contributed by atoms with Crippen LogP contribution in [0.3, 0.4) is 0 Å². The van der Waals surface area contributed by atoms with Crippen LogP contribution in [0.4, 0.5) is 0 Å². The third-order valence-corrected chi connectivity index (χ3v) is 1.85. The molecule has 0 saturated carbocycles. The van der Waals surface area contributed by atoms with Crippen LogP contribution in [0, 0.1) is 0 Å². The lowest BCUT2D eigenvalue weighted by atomic mass is 10.2. The second kappa shape index (κ2) is 4.66. The number of hydrogen-bond donors (Lipinski definition) is 3. The van der Waals surface area contributed by atoms with Crippen LogP contribution in [0.1, 0.15) is 6.42 Å². The summed E-state index contributed by atoms with van der Waals surface area (Å²) in [5, 5.41) is 20.5. The van der Waals surface area contributed by atoms with Crippen LogP contribution < -0.4 is 5.32 Å². The van der Waals surface area contributed by atoms with E-state index in [4.69, 9.17) is 14.9 Å². The smallest absolute Gasteiger partial charge is 0.0930 e. The zero-order chi connectivity index (χ0) is 8.10. The van der Waals surface area contributed by atoms with Crippen LogP contribution in [0.15, 0.2) is 0 Å². The van der Waals surface area contributed by atoms with Crippen molar-refractivity contribution >= 4 is 0 Å². The van der Waals surface area contributed by atoms with Crippen LogP contribution >= 0.6 is 0 Å². The molecule has 0 radical (unpaired) electrons. The van der Waals surface area contributed by atoms with Crippen molar-refractivity contribution in [3.8, 4) is 0 Å². The predicted molar refractivity (Wildman–Crippen MR) is 40.3 cm³/mol. The molecule has 11 heavy (non-hydrogen) atoms. The van der Waals surface area contributed by atoms with Gasteiger partial charge in [-0.25, -0.2) is 0 Å². The Morgan fingerprint density at radius 1 is 1.45 bits per heavy atom. The lowest BCUT2D eigenvalue weighted by Crippen LogP contribution is -2.47. The molecule has 1 heterocycles. The zero-order valence-corrected chi connectivity index (χ0v) is 6.49. The van der Waals surface area contributed by atoms with Gasteiger partial charge >= 0.3 is 0 Å². The minimum atomic E-state index is -0.0649. The summed E-state index contributed by atoms with van der Waals surface area (Å²) in [6.45, 7) is 1.52. The fourth-order valence-electron chi connectivity index (χ4n) is 1.13. The number of nitrogens with one attached hydrogen (secondary N) is 1. The Morgan fingerprint density at radius 3 is 2.73 bits per heavy atom. The van der Waals surface area contributed by atoms with Crippen molar-refractivity contribution in [2.45, 2.75) is 18.6 Å². The molecule has 0 aromatic rings. The van der Waals surface area contributed by atoms with Crippen molar-refractivity contribution < 1.29 is 14.9 Å². The third-order valence-electron chi connectivity index (χ3n) is 1.85. The summed E-state index contributed by atoms with van der Waals surface area (Å²) in [5.74, 6) is 0. The van der Waals surface area contributed by atoms with E-state index in [1.54, 1.807) is 0 Å². The Labute approximate surface area is 66.2 Å². The van der Waals surface area contributed by atoms with E-state index in [2.05, 4.69) is 5.32 Å². The van der Waals surface area contributed by atoms with E-state index in [-0.39, 0.29) is 25.4 Å². The first-order valence-electron chi connectivity index (χ1n) is 3.93. The van der Waals surface area contributed by atoms with Gasteiger partial charge in [0.25, 0.3) is 0 Å². The molecule has 0 aliphatic carbocycles. The Balaban J connectivity index is 2.14. The number of aliphatic hydroxyl groups excluding tert-OH is 2. The monoisotopic (exact) mass is 161 g/mol. The molecule has 2 unspecified atom stereocenters. The Hall–Kier alpha value is -0.160. The topological polar surface area (TPSA) is 61.7 Å². The van der Waals surface area contributed by atoms with Gasteiger partial charge in [0.2, 0.25) is 0 Å². The maximum atomic E-state index is 8.69. The van der Waals surface area contributed by atoms with E-state index in [0.717, 1.165) is 6.42 Å². The van der Waals surface area contributed by atoms with E-state index in [0.29, 0.717) is 13.2 Å². The van der Waals surface area contributed by atoms with Gasteiger partial charge in [-0.1, -0.05) is 0 Å². The predicted octanol–water partition coefficient (Wildman–Crippen LogP) is -1.28. The van der Waals surface area contributed by atoms with E-state index >= 15 is 0 Å². The van der Waals surface area contributed by atoms with Crippen LogP contribution in [-0.2, 0) is 4.74 Å². The largest absolute Gasteiger partial charge is 0.396 e. The molecule has 4 nitrogen and oxygen atoms in total. The van der Waals surface area contributed by atoms with Crippen molar-refractivity contribution in [2.75, 3.05) is 26.4 Å². The molecule has 2 atom stereocenters. The molecule has 0 spiro atoms. The highest BCUT2D eigenvalue weighted by atomic mass is 16.5. The maximum Gasteiger partial charge on any atom is 0.0930 e. The van der Waals surface area contributed by atoms with Gasteiger partial charge in [0.1, 0.15) is 0 Å². The van der Waals surface area contributed by atoms with Crippen LogP contribution in [0.2, 0.25) is 0 Å². The third kappa shape index (κ3) is 2.75. The van der Waals surface area contributed by atoms with Crippen LogP contribution in [-0.4, -0.2) is 48.7 Å². The standard InChI is InChI=1S/C7H15NO3/c9-2-1-6-5-11-7(4-10)3-8-6/h6-10H,1-5H2. The summed E-state index contributed by atoms with van der Waals surface area (Å²) in [6.07, 6.45) is 0.656. The highest BCUT2D eigenvalue weighted by Crippen LogP contribution is 2.02. The second-order valence-electron chi connectivity index (χ2n) is 2.76. The van der Waals surface area contributed by atoms with Crippen molar-refractivity contribution in [3.63, 3.8) is 0 Å². The van der Waals surface area contributed by atoms with E-state index in [1.165, 1.54) is 0 Å².